The molecule has 0 aromatic carbocycles. The summed E-state index contributed by atoms with van der Waals surface area (Å²) >= 11 is 1.64. The summed E-state index contributed by atoms with van der Waals surface area (Å²) in [5.74, 6) is 2.19. The van der Waals surface area contributed by atoms with Crippen molar-refractivity contribution in [3.63, 3.8) is 0 Å². The van der Waals surface area contributed by atoms with Gasteiger partial charge in [-0.2, -0.15) is 4.98 Å². The fourth-order valence-corrected chi connectivity index (χ4v) is 3.63. The van der Waals surface area contributed by atoms with Crippen LogP contribution in [0.25, 0.3) is 10.2 Å². The van der Waals surface area contributed by atoms with Crippen molar-refractivity contribution in [2.24, 2.45) is 5.92 Å². The van der Waals surface area contributed by atoms with Gasteiger partial charge in [0.05, 0.1) is 5.39 Å². The molecule has 0 amide bonds. The molecule has 1 fully saturated rings. The Bertz CT molecular complexity index is 598. The van der Waals surface area contributed by atoms with Crippen LogP contribution in [0.1, 0.15) is 46.0 Å². The van der Waals surface area contributed by atoms with E-state index in [2.05, 4.69) is 40.6 Å². The molecule has 3 rings (SSSR count). The Morgan fingerprint density at radius 1 is 1.38 bits per heavy atom. The number of anilines is 1. The quantitative estimate of drug-likeness (QED) is 0.885. The highest BCUT2D eigenvalue weighted by Crippen LogP contribution is 2.32. The van der Waals surface area contributed by atoms with Crippen LogP contribution in [0.5, 0.6) is 5.88 Å². The summed E-state index contributed by atoms with van der Waals surface area (Å²) in [6.45, 7) is 5.33. The van der Waals surface area contributed by atoms with Gasteiger partial charge in [0.15, 0.2) is 0 Å². The van der Waals surface area contributed by atoms with Crippen molar-refractivity contribution in [1.82, 2.24) is 9.97 Å². The molecule has 2 heterocycles. The fraction of sp³-hybridized carbons (Fsp3) is 0.625. The number of aromatic nitrogens is 2. The summed E-state index contributed by atoms with van der Waals surface area (Å²) in [5.41, 5.74) is 0. The van der Waals surface area contributed by atoms with Crippen molar-refractivity contribution in [1.29, 1.82) is 0 Å². The highest BCUT2D eigenvalue weighted by atomic mass is 32.1. The van der Waals surface area contributed by atoms with Gasteiger partial charge in [-0.25, -0.2) is 4.98 Å². The fourth-order valence-electron chi connectivity index (χ4n) is 2.88. The van der Waals surface area contributed by atoms with Gasteiger partial charge < -0.3 is 10.1 Å². The van der Waals surface area contributed by atoms with Gasteiger partial charge in [-0.15, -0.1) is 11.3 Å². The third kappa shape index (κ3) is 3.46. The molecule has 0 saturated heterocycles. The lowest BCUT2D eigenvalue weighted by Crippen LogP contribution is -2.24. The van der Waals surface area contributed by atoms with Crippen LogP contribution in [0.2, 0.25) is 0 Å². The molecule has 1 N–H and O–H groups in total. The van der Waals surface area contributed by atoms with Crippen molar-refractivity contribution >= 4 is 27.5 Å². The Hall–Kier alpha value is -1.36. The third-order valence-electron chi connectivity index (χ3n) is 3.99. The maximum atomic E-state index is 6.23. The summed E-state index contributed by atoms with van der Waals surface area (Å²) in [6, 6.07) is 2.06. The second kappa shape index (κ2) is 6.60. The summed E-state index contributed by atoms with van der Waals surface area (Å²) in [7, 11) is 0. The lowest BCUT2D eigenvalue weighted by atomic mass is 9.89. The Balaban J connectivity index is 1.83. The van der Waals surface area contributed by atoms with E-state index in [9.17, 15) is 0 Å². The van der Waals surface area contributed by atoms with E-state index in [0.717, 1.165) is 47.8 Å². The zero-order valence-electron chi connectivity index (χ0n) is 12.8. The zero-order valence-corrected chi connectivity index (χ0v) is 13.6. The number of hydrogen-bond acceptors (Lipinski definition) is 5. The minimum atomic E-state index is 0.297. The third-order valence-corrected chi connectivity index (χ3v) is 4.80. The molecule has 2 aromatic rings. The van der Waals surface area contributed by atoms with Crippen LogP contribution < -0.4 is 10.1 Å². The van der Waals surface area contributed by atoms with Gasteiger partial charge in [0, 0.05) is 6.54 Å². The molecule has 4 nitrogen and oxygen atoms in total. The molecule has 2 unspecified atom stereocenters. The Morgan fingerprint density at radius 2 is 2.29 bits per heavy atom. The van der Waals surface area contributed by atoms with E-state index >= 15 is 0 Å². The Labute approximate surface area is 129 Å². The van der Waals surface area contributed by atoms with Crippen molar-refractivity contribution in [2.75, 3.05) is 11.9 Å². The molecule has 0 aliphatic heterocycles. The summed E-state index contributed by atoms with van der Waals surface area (Å²) < 4.78 is 6.23. The first-order chi connectivity index (χ1) is 10.3. The molecule has 0 radical (unpaired) electrons. The van der Waals surface area contributed by atoms with Crippen LogP contribution in [-0.4, -0.2) is 22.6 Å². The predicted octanol–water partition coefficient (Wildman–Crippen LogP) is 4.47. The van der Waals surface area contributed by atoms with E-state index in [1.54, 1.807) is 11.3 Å². The monoisotopic (exact) mass is 305 g/mol. The molecule has 2 aromatic heterocycles. The van der Waals surface area contributed by atoms with Crippen LogP contribution in [0.15, 0.2) is 11.4 Å². The normalized spacial score (nSPS) is 22.4. The van der Waals surface area contributed by atoms with Crippen molar-refractivity contribution in [2.45, 2.75) is 52.1 Å². The maximum Gasteiger partial charge on any atom is 0.227 e. The van der Waals surface area contributed by atoms with E-state index in [4.69, 9.17) is 4.74 Å². The average Bonchev–Trinajstić information content (AvgIpc) is 2.94. The Kier molecular flexibility index (Phi) is 4.58. The molecule has 0 spiro atoms. The van der Waals surface area contributed by atoms with Gasteiger partial charge in [-0.3, -0.25) is 0 Å². The minimum Gasteiger partial charge on any atom is -0.474 e. The molecule has 5 heteroatoms. The van der Waals surface area contributed by atoms with E-state index in [0.29, 0.717) is 12.1 Å². The molecular formula is C16H23N3OS. The molecule has 114 valence electrons. The topological polar surface area (TPSA) is 47.0 Å². The second-order valence-electron chi connectivity index (χ2n) is 5.93. The van der Waals surface area contributed by atoms with Gasteiger partial charge >= 0.3 is 0 Å². The highest BCUT2D eigenvalue weighted by Gasteiger charge is 2.22. The first-order valence-electron chi connectivity index (χ1n) is 7.92. The van der Waals surface area contributed by atoms with E-state index in [1.807, 2.05) is 0 Å². The average molecular weight is 305 g/mol. The molecule has 1 aliphatic rings. The summed E-state index contributed by atoms with van der Waals surface area (Å²) in [5, 5.41) is 6.36. The zero-order chi connectivity index (χ0) is 14.7. The van der Waals surface area contributed by atoms with Crippen molar-refractivity contribution in [3.8, 4) is 5.88 Å². The van der Waals surface area contributed by atoms with Gasteiger partial charge in [0.1, 0.15) is 10.9 Å². The SMILES string of the molecule is CCCNc1nc(OC2CCCC(C)C2)c2ccsc2n1. The number of rotatable bonds is 5. The smallest absolute Gasteiger partial charge is 0.227 e. The molecule has 1 saturated carbocycles. The molecule has 2 atom stereocenters. The molecule has 21 heavy (non-hydrogen) atoms. The number of nitrogens with zero attached hydrogens (tertiary/aromatic N) is 2. The number of hydrogen-bond donors (Lipinski definition) is 1. The van der Waals surface area contributed by atoms with E-state index < -0.39 is 0 Å². The lowest BCUT2D eigenvalue weighted by molar-refractivity contribution is 0.126. The predicted molar refractivity (Wildman–Crippen MR) is 88.2 cm³/mol. The van der Waals surface area contributed by atoms with Crippen LogP contribution in [0.4, 0.5) is 5.95 Å². The van der Waals surface area contributed by atoms with Gasteiger partial charge in [0.25, 0.3) is 0 Å². The van der Waals surface area contributed by atoms with Crippen LogP contribution in [0, 0.1) is 5.92 Å². The second-order valence-corrected chi connectivity index (χ2v) is 6.82. The first kappa shape index (κ1) is 14.6. The van der Waals surface area contributed by atoms with Gasteiger partial charge in [-0.05, 0) is 43.0 Å². The number of nitrogens with one attached hydrogen (secondary N) is 1. The number of ether oxygens (including phenoxy) is 1. The standard InChI is InChI=1S/C16H23N3OS/c1-3-8-17-16-18-14(13-7-9-21-15(13)19-16)20-12-6-4-5-11(2)10-12/h7,9,11-12H,3-6,8,10H2,1-2H3,(H,17,18,19). The van der Waals surface area contributed by atoms with Gasteiger partial charge in [-0.1, -0.05) is 20.3 Å². The molecule has 1 aliphatic carbocycles. The minimum absolute atomic E-state index is 0.297. The van der Waals surface area contributed by atoms with E-state index in [-0.39, 0.29) is 0 Å². The summed E-state index contributed by atoms with van der Waals surface area (Å²) in [4.78, 5) is 10.2. The van der Waals surface area contributed by atoms with Crippen molar-refractivity contribution in [3.05, 3.63) is 11.4 Å². The van der Waals surface area contributed by atoms with E-state index in [1.165, 1.54) is 12.8 Å². The van der Waals surface area contributed by atoms with Crippen molar-refractivity contribution < 1.29 is 4.74 Å². The largest absolute Gasteiger partial charge is 0.474 e. The van der Waals surface area contributed by atoms with Crippen LogP contribution in [-0.2, 0) is 0 Å². The highest BCUT2D eigenvalue weighted by molar-refractivity contribution is 7.16. The molecular weight excluding hydrogens is 282 g/mol. The van der Waals surface area contributed by atoms with Crippen LogP contribution >= 0.6 is 11.3 Å². The number of fused-ring (bicyclic) bond motifs is 1. The maximum absolute atomic E-state index is 6.23. The van der Waals surface area contributed by atoms with Crippen LogP contribution in [0.3, 0.4) is 0 Å². The first-order valence-corrected chi connectivity index (χ1v) is 8.80. The lowest BCUT2D eigenvalue weighted by Gasteiger charge is -2.27. The summed E-state index contributed by atoms with van der Waals surface area (Å²) in [6.07, 6.45) is 6.20. The Morgan fingerprint density at radius 3 is 3.10 bits per heavy atom. The van der Waals surface area contributed by atoms with Gasteiger partial charge in [0.2, 0.25) is 11.8 Å². The number of thiophene rings is 1. The molecule has 0 bridgehead atoms.